The molecule has 0 spiro atoms. The van der Waals surface area contributed by atoms with Gasteiger partial charge in [0.05, 0.1) is 10.4 Å². The molecule has 0 atom stereocenters. The van der Waals surface area contributed by atoms with Crippen molar-refractivity contribution in [3.05, 3.63) is 53.5 Å². The second kappa shape index (κ2) is 8.87. The van der Waals surface area contributed by atoms with Gasteiger partial charge in [0, 0.05) is 38.3 Å². The highest BCUT2D eigenvalue weighted by Crippen LogP contribution is 2.28. The zero-order valence-electron chi connectivity index (χ0n) is 17.8. The number of benzene rings is 1. The number of nitrogens with zero attached hydrogens (tertiary/aromatic N) is 3. The van der Waals surface area contributed by atoms with Gasteiger partial charge in [-0.1, -0.05) is 31.0 Å². The molecule has 31 heavy (non-hydrogen) atoms. The van der Waals surface area contributed by atoms with Crippen molar-refractivity contribution in [2.24, 2.45) is 5.92 Å². The summed E-state index contributed by atoms with van der Waals surface area (Å²) in [4.78, 5) is 30.8. The molecule has 6 heteroatoms. The van der Waals surface area contributed by atoms with Crippen LogP contribution in [0.3, 0.4) is 0 Å². The lowest BCUT2D eigenvalue weighted by atomic mass is 9.95. The summed E-state index contributed by atoms with van der Waals surface area (Å²) < 4.78 is 2.14. The first-order valence-corrected chi connectivity index (χ1v) is 12.3. The highest BCUT2D eigenvalue weighted by atomic mass is 32.1. The number of thiophene rings is 1. The van der Waals surface area contributed by atoms with Crippen LogP contribution in [0.5, 0.6) is 0 Å². The van der Waals surface area contributed by atoms with E-state index >= 15 is 0 Å². The fourth-order valence-corrected chi connectivity index (χ4v) is 5.85. The molecule has 2 saturated heterocycles. The summed E-state index contributed by atoms with van der Waals surface area (Å²) in [6.45, 7) is 3.15. The van der Waals surface area contributed by atoms with Gasteiger partial charge < -0.3 is 14.4 Å². The van der Waals surface area contributed by atoms with Crippen molar-refractivity contribution in [1.82, 2.24) is 14.4 Å². The van der Waals surface area contributed by atoms with Crippen molar-refractivity contribution in [1.29, 1.82) is 0 Å². The molecule has 2 amide bonds. The van der Waals surface area contributed by atoms with Crippen LogP contribution in [0.4, 0.5) is 0 Å². The van der Waals surface area contributed by atoms with Crippen LogP contribution in [0.1, 0.15) is 48.2 Å². The van der Waals surface area contributed by atoms with E-state index in [1.165, 1.54) is 29.6 Å². The van der Waals surface area contributed by atoms with E-state index in [9.17, 15) is 9.59 Å². The molecule has 0 unspecified atom stereocenters. The average Bonchev–Trinajstić information content (AvgIpc) is 3.38. The van der Waals surface area contributed by atoms with Gasteiger partial charge in [0.2, 0.25) is 5.91 Å². The van der Waals surface area contributed by atoms with Gasteiger partial charge in [-0.05, 0) is 55.3 Å². The lowest BCUT2D eigenvalue weighted by Gasteiger charge is -2.33. The SMILES string of the molecule is O=C(c1ccc(-n2ccc3ccccc32)s1)N1CCC(C(=O)N2CCCCCC2)CC1. The second-order valence-electron chi connectivity index (χ2n) is 8.69. The van der Waals surface area contributed by atoms with Crippen molar-refractivity contribution >= 4 is 34.1 Å². The monoisotopic (exact) mass is 435 g/mol. The summed E-state index contributed by atoms with van der Waals surface area (Å²) in [7, 11) is 0. The second-order valence-corrected chi connectivity index (χ2v) is 9.75. The molecule has 3 aromatic rings. The minimum atomic E-state index is 0.0762. The molecule has 2 aliphatic rings. The molecule has 0 aliphatic carbocycles. The summed E-state index contributed by atoms with van der Waals surface area (Å²) in [6, 6.07) is 14.3. The minimum Gasteiger partial charge on any atom is -0.342 e. The molecule has 0 radical (unpaired) electrons. The van der Waals surface area contributed by atoms with Crippen LogP contribution < -0.4 is 0 Å². The number of carbonyl (C=O) groups is 2. The summed E-state index contributed by atoms with van der Waals surface area (Å²) in [6.07, 6.45) is 8.34. The van der Waals surface area contributed by atoms with E-state index in [0.717, 1.165) is 54.2 Å². The lowest BCUT2D eigenvalue weighted by molar-refractivity contribution is -0.136. The van der Waals surface area contributed by atoms with E-state index in [4.69, 9.17) is 0 Å². The van der Waals surface area contributed by atoms with Gasteiger partial charge in [-0.25, -0.2) is 0 Å². The van der Waals surface area contributed by atoms with Crippen molar-refractivity contribution in [3.8, 4) is 5.00 Å². The normalized spacial score (nSPS) is 18.3. The van der Waals surface area contributed by atoms with E-state index in [-0.39, 0.29) is 11.8 Å². The maximum atomic E-state index is 13.1. The van der Waals surface area contributed by atoms with Gasteiger partial charge in [0.25, 0.3) is 5.91 Å². The Kier molecular flexibility index (Phi) is 5.81. The molecule has 0 saturated carbocycles. The quantitative estimate of drug-likeness (QED) is 0.585. The Labute approximate surface area is 187 Å². The number of piperidine rings is 1. The maximum Gasteiger partial charge on any atom is 0.263 e. The topological polar surface area (TPSA) is 45.6 Å². The minimum absolute atomic E-state index is 0.0762. The third-order valence-electron chi connectivity index (χ3n) is 6.69. The van der Waals surface area contributed by atoms with Crippen LogP contribution in [-0.4, -0.2) is 52.4 Å². The van der Waals surface area contributed by atoms with Crippen LogP contribution in [-0.2, 0) is 4.79 Å². The number of hydrogen-bond donors (Lipinski definition) is 0. The number of hydrogen-bond acceptors (Lipinski definition) is 3. The molecule has 4 heterocycles. The van der Waals surface area contributed by atoms with Gasteiger partial charge in [-0.3, -0.25) is 9.59 Å². The Morgan fingerprint density at radius 1 is 0.806 bits per heavy atom. The predicted molar refractivity (Wildman–Crippen MR) is 125 cm³/mol. The van der Waals surface area contributed by atoms with Crippen LogP contribution in [0, 0.1) is 5.92 Å². The Morgan fingerprint density at radius 3 is 2.32 bits per heavy atom. The zero-order valence-corrected chi connectivity index (χ0v) is 18.7. The first-order valence-electron chi connectivity index (χ1n) is 11.4. The molecule has 162 valence electrons. The van der Waals surface area contributed by atoms with Crippen molar-refractivity contribution in [3.63, 3.8) is 0 Å². The number of rotatable bonds is 3. The highest BCUT2D eigenvalue weighted by Gasteiger charge is 2.31. The van der Waals surface area contributed by atoms with Gasteiger partial charge in [-0.15, -0.1) is 11.3 Å². The standard InChI is InChI=1S/C25H29N3O2S/c29-24(26-14-5-1-2-6-15-26)20-11-16-27(17-12-20)25(30)22-9-10-23(31-22)28-18-13-19-7-3-4-8-21(19)28/h3-4,7-10,13,18,20H,1-2,5-6,11-12,14-17H2. The van der Waals surface area contributed by atoms with E-state index < -0.39 is 0 Å². The fraction of sp³-hybridized carbons (Fsp3) is 0.440. The fourth-order valence-electron chi connectivity index (χ4n) is 4.88. The predicted octanol–water partition coefficient (Wildman–Crippen LogP) is 4.95. The first kappa shape index (κ1) is 20.3. The molecular weight excluding hydrogens is 406 g/mol. The summed E-state index contributed by atoms with van der Waals surface area (Å²) in [5, 5.41) is 2.25. The molecule has 2 aromatic heterocycles. The summed E-state index contributed by atoms with van der Waals surface area (Å²) >= 11 is 1.54. The Bertz CT molecular complexity index is 1070. The molecule has 2 fully saturated rings. The molecule has 0 bridgehead atoms. The molecule has 2 aliphatic heterocycles. The molecule has 5 nitrogen and oxygen atoms in total. The van der Waals surface area contributed by atoms with Gasteiger partial charge >= 0.3 is 0 Å². The third-order valence-corrected chi connectivity index (χ3v) is 7.76. The Hall–Kier alpha value is -2.60. The largest absolute Gasteiger partial charge is 0.342 e. The van der Waals surface area contributed by atoms with Crippen LogP contribution in [0.25, 0.3) is 15.9 Å². The summed E-state index contributed by atoms with van der Waals surface area (Å²) in [5.41, 5.74) is 1.15. The van der Waals surface area contributed by atoms with Crippen LogP contribution in [0.2, 0.25) is 0 Å². The number of fused-ring (bicyclic) bond motifs is 1. The number of aromatic nitrogens is 1. The van der Waals surface area contributed by atoms with Gasteiger partial charge in [0.15, 0.2) is 0 Å². The smallest absolute Gasteiger partial charge is 0.263 e. The van der Waals surface area contributed by atoms with E-state index in [1.807, 2.05) is 29.2 Å². The van der Waals surface area contributed by atoms with E-state index in [0.29, 0.717) is 19.0 Å². The van der Waals surface area contributed by atoms with Crippen molar-refractivity contribution in [2.45, 2.75) is 38.5 Å². The zero-order chi connectivity index (χ0) is 21.2. The molecule has 0 N–H and O–H groups in total. The number of para-hydroxylation sites is 1. The Balaban J connectivity index is 1.22. The van der Waals surface area contributed by atoms with E-state index in [1.54, 1.807) is 0 Å². The first-order chi connectivity index (χ1) is 15.2. The van der Waals surface area contributed by atoms with Gasteiger partial charge in [-0.2, -0.15) is 0 Å². The number of likely N-dealkylation sites (tertiary alicyclic amines) is 2. The van der Waals surface area contributed by atoms with Crippen molar-refractivity contribution < 1.29 is 9.59 Å². The van der Waals surface area contributed by atoms with Gasteiger partial charge in [0.1, 0.15) is 5.00 Å². The molecule has 1 aromatic carbocycles. The average molecular weight is 436 g/mol. The van der Waals surface area contributed by atoms with Crippen LogP contribution >= 0.6 is 11.3 Å². The third kappa shape index (κ3) is 4.13. The lowest BCUT2D eigenvalue weighted by Crippen LogP contribution is -2.44. The maximum absolute atomic E-state index is 13.1. The Morgan fingerprint density at radius 2 is 1.55 bits per heavy atom. The summed E-state index contributed by atoms with van der Waals surface area (Å²) in [5.74, 6) is 0.479. The molecular formula is C25H29N3O2S. The molecule has 5 rings (SSSR count). The van der Waals surface area contributed by atoms with Crippen LogP contribution in [0.15, 0.2) is 48.7 Å². The number of carbonyl (C=O) groups excluding carboxylic acids is 2. The highest BCUT2D eigenvalue weighted by molar-refractivity contribution is 7.16. The number of amides is 2. The van der Waals surface area contributed by atoms with E-state index in [2.05, 4.69) is 33.9 Å². The van der Waals surface area contributed by atoms with Crippen molar-refractivity contribution in [2.75, 3.05) is 26.2 Å².